The Bertz CT molecular complexity index is 630. The number of halogens is 2. The molecule has 0 amide bonds. The monoisotopic (exact) mass is 437 g/mol. The minimum absolute atomic E-state index is 0. The van der Waals surface area contributed by atoms with Gasteiger partial charge in [-0.05, 0) is 42.1 Å². The van der Waals surface area contributed by atoms with E-state index in [0.29, 0.717) is 23.3 Å². The molecule has 0 radical (unpaired) electrons. The first-order chi connectivity index (χ1) is 9.60. The molecule has 7 heteroatoms. The van der Waals surface area contributed by atoms with Gasteiger partial charge in [-0.3, -0.25) is 0 Å². The SMILES string of the molecule is COc1ccc(NC(N)=NCc2sccc2C)cc1Cl.I. The van der Waals surface area contributed by atoms with Gasteiger partial charge in [0, 0.05) is 10.6 Å². The van der Waals surface area contributed by atoms with Crippen LogP contribution in [0.1, 0.15) is 10.4 Å². The second-order valence-corrected chi connectivity index (χ2v) is 5.61. The predicted octanol–water partition coefficient (Wildman–Crippen LogP) is 4.26. The molecule has 1 aromatic carbocycles. The zero-order valence-electron chi connectivity index (χ0n) is 11.7. The van der Waals surface area contributed by atoms with Crippen LogP contribution in [-0.2, 0) is 6.54 Å². The molecule has 0 aliphatic heterocycles. The molecule has 4 nitrogen and oxygen atoms in total. The summed E-state index contributed by atoms with van der Waals surface area (Å²) in [6, 6.07) is 7.44. The summed E-state index contributed by atoms with van der Waals surface area (Å²) >= 11 is 7.73. The van der Waals surface area contributed by atoms with E-state index in [1.54, 1.807) is 30.6 Å². The van der Waals surface area contributed by atoms with E-state index in [0.717, 1.165) is 5.69 Å². The fraction of sp³-hybridized carbons (Fsp3) is 0.214. The molecule has 2 aromatic rings. The lowest BCUT2D eigenvalue weighted by molar-refractivity contribution is 0.415. The van der Waals surface area contributed by atoms with Crippen molar-refractivity contribution in [2.45, 2.75) is 13.5 Å². The summed E-state index contributed by atoms with van der Waals surface area (Å²) in [6.45, 7) is 2.64. The van der Waals surface area contributed by atoms with Gasteiger partial charge in [-0.15, -0.1) is 35.3 Å². The van der Waals surface area contributed by atoms with Crippen LogP contribution in [0.5, 0.6) is 5.75 Å². The van der Waals surface area contributed by atoms with E-state index in [4.69, 9.17) is 22.1 Å². The topological polar surface area (TPSA) is 59.6 Å². The molecule has 21 heavy (non-hydrogen) atoms. The lowest BCUT2D eigenvalue weighted by Gasteiger charge is -2.08. The van der Waals surface area contributed by atoms with Gasteiger partial charge in [0.1, 0.15) is 5.75 Å². The Morgan fingerprint density at radius 3 is 2.76 bits per heavy atom. The molecule has 0 spiro atoms. The second kappa shape index (κ2) is 8.45. The van der Waals surface area contributed by atoms with Crippen LogP contribution >= 0.6 is 46.9 Å². The summed E-state index contributed by atoms with van der Waals surface area (Å²) in [7, 11) is 1.58. The van der Waals surface area contributed by atoms with E-state index in [1.165, 1.54) is 10.4 Å². The van der Waals surface area contributed by atoms with E-state index in [-0.39, 0.29) is 24.0 Å². The number of rotatable bonds is 4. The number of thiophene rings is 1. The van der Waals surface area contributed by atoms with Crippen molar-refractivity contribution in [2.24, 2.45) is 10.7 Å². The number of nitrogens with zero attached hydrogens (tertiary/aromatic N) is 1. The van der Waals surface area contributed by atoms with Crippen LogP contribution in [0.2, 0.25) is 5.02 Å². The number of ether oxygens (including phenoxy) is 1. The Balaban J connectivity index is 0.00000220. The number of guanidine groups is 1. The first kappa shape index (κ1) is 18.1. The van der Waals surface area contributed by atoms with Gasteiger partial charge in [0.25, 0.3) is 0 Å². The Labute approximate surface area is 150 Å². The molecular formula is C14H17ClIN3OS. The van der Waals surface area contributed by atoms with E-state index >= 15 is 0 Å². The minimum atomic E-state index is 0. The van der Waals surface area contributed by atoms with Crippen LogP contribution in [0, 0.1) is 6.92 Å². The zero-order chi connectivity index (χ0) is 14.5. The van der Waals surface area contributed by atoms with Crippen LogP contribution in [0.4, 0.5) is 5.69 Å². The summed E-state index contributed by atoms with van der Waals surface area (Å²) in [5.41, 5.74) is 7.88. The molecule has 0 atom stereocenters. The van der Waals surface area contributed by atoms with Crippen molar-refractivity contribution < 1.29 is 4.74 Å². The molecule has 0 aliphatic rings. The second-order valence-electron chi connectivity index (χ2n) is 4.20. The van der Waals surface area contributed by atoms with Gasteiger partial charge >= 0.3 is 0 Å². The van der Waals surface area contributed by atoms with Crippen LogP contribution in [0.3, 0.4) is 0 Å². The highest BCUT2D eigenvalue weighted by molar-refractivity contribution is 14.0. The lowest BCUT2D eigenvalue weighted by Crippen LogP contribution is -2.22. The molecule has 1 aromatic heterocycles. The fourth-order valence-electron chi connectivity index (χ4n) is 1.65. The Kier molecular flexibility index (Phi) is 7.27. The summed E-state index contributed by atoms with van der Waals surface area (Å²) < 4.78 is 5.09. The van der Waals surface area contributed by atoms with Crippen molar-refractivity contribution in [3.8, 4) is 5.75 Å². The average molecular weight is 438 g/mol. The maximum Gasteiger partial charge on any atom is 0.193 e. The van der Waals surface area contributed by atoms with Gasteiger partial charge < -0.3 is 15.8 Å². The van der Waals surface area contributed by atoms with Crippen LogP contribution in [-0.4, -0.2) is 13.1 Å². The highest BCUT2D eigenvalue weighted by atomic mass is 127. The van der Waals surface area contributed by atoms with Crippen molar-refractivity contribution >= 4 is 58.6 Å². The number of methoxy groups -OCH3 is 1. The third-order valence-electron chi connectivity index (χ3n) is 2.79. The molecule has 0 bridgehead atoms. The number of aryl methyl sites for hydroxylation is 1. The van der Waals surface area contributed by atoms with Gasteiger partial charge in [0.05, 0.1) is 18.7 Å². The number of nitrogens with two attached hydrogens (primary N) is 1. The van der Waals surface area contributed by atoms with E-state index < -0.39 is 0 Å². The lowest BCUT2D eigenvalue weighted by atomic mass is 10.3. The molecule has 0 fully saturated rings. The van der Waals surface area contributed by atoms with Crippen molar-refractivity contribution in [1.29, 1.82) is 0 Å². The molecule has 1 heterocycles. The third-order valence-corrected chi connectivity index (χ3v) is 4.09. The molecule has 3 N–H and O–H groups in total. The molecule has 2 rings (SSSR count). The van der Waals surface area contributed by atoms with Crippen LogP contribution in [0.25, 0.3) is 0 Å². The maximum atomic E-state index is 6.05. The molecule has 114 valence electrons. The van der Waals surface area contributed by atoms with Gasteiger partial charge in [0.15, 0.2) is 5.96 Å². The first-order valence-electron chi connectivity index (χ1n) is 6.03. The molecule has 0 unspecified atom stereocenters. The first-order valence-corrected chi connectivity index (χ1v) is 7.29. The van der Waals surface area contributed by atoms with Gasteiger partial charge in [0.2, 0.25) is 0 Å². The minimum Gasteiger partial charge on any atom is -0.495 e. The zero-order valence-corrected chi connectivity index (χ0v) is 15.6. The number of hydrogen-bond donors (Lipinski definition) is 2. The van der Waals surface area contributed by atoms with E-state index in [2.05, 4.69) is 23.3 Å². The van der Waals surface area contributed by atoms with Gasteiger partial charge in [-0.1, -0.05) is 11.6 Å². The van der Waals surface area contributed by atoms with Crippen LogP contribution in [0.15, 0.2) is 34.6 Å². The standard InChI is InChI=1S/C14H16ClN3OS.HI/c1-9-5-6-20-13(9)8-17-14(16)18-10-3-4-12(19-2)11(15)7-10;/h3-7H,8H2,1-2H3,(H3,16,17,18);1H. The summed E-state index contributed by atoms with van der Waals surface area (Å²) in [6.07, 6.45) is 0. The quantitative estimate of drug-likeness (QED) is 0.427. The van der Waals surface area contributed by atoms with Crippen LogP contribution < -0.4 is 15.8 Å². The van der Waals surface area contributed by atoms with Crippen molar-refractivity contribution in [2.75, 3.05) is 12.4 Å². The molecule has 0 saturated heterocycles. The van der Waals surface area contributed by atoms with Gasteiger partial charge in [-0.25, -0.2) is 4.99 Å². The molecule has 0 saturated carbocycles. The summed E-state index contributed by atoms with van der Waals surface area (Å²) in [5.74, 6) is 0.987. The van der Waals surface area contributed by atoms with Crippen molar-refractivity contribution in [1.82, 2.24) is 0 Å². The Morgan fingerprint density at radius 1 is 1.43 bits per heavy atom. The Hall–Kier alpha value is -0.990. The largest absolute Gasteiger partial charge is 0.495 e. The predicted molar refractivity (Wildman–Crippen MR) is 101 cm³/mol. The van der Waals surface area contributed by atoms with E-state index in [9.17, 15) is 0 Å². The molecule has 0 aliphatic carbocycles. The number of aliphatic imine (C=N–C) groups is 1. The van der Waals surface area contributed by atoms with E-state index in [1.807, 2.05) is 11.4 Å². The number of hydrogen-bond acceptors (Lipinski definition) is 3. The van der Waals surface area contributed by atoms with Gasteiger partial charge in [-0.2, -0.15) is 0 Å². The highest BCUT2D eigenvalue weighted by Gasteiger charge is 2.03. The summed E-state index contributed by atoms with van der Waals surface area (Å²) in [4.78, 5) is 5.53. The normalized spacial score (nSPS) is 10.9. The smallest absolute Gasteiger partial charge is 0.193 e. The highest BCUT2D eigenvalue weighted by Crippen LogP contribution is 2.27. The maximum absolute atomic E-state index is 6.05. The number of nitrogens with one attached hydrogen (secondary N) is 1. The van der Waals surface area contributed by atoms with Crippen molar-refractivity contribution in [3.05, 3.63) is 45.1 Å². The molecular weight excluding hydrogens is 421 g/mol. The third kappa shape index (κ3) is 5.05. The fourth-order valence-corrected chi connectivity index (χ4v) is 2.74. The van der Waals surface area contributed by atoms with Crippen molar-refractivity contribution in [3.63, 3.8) is 0 Å². The summed E-state index contributed by atoms with van der Waals surface area (Å²) in [5, 5.41) is 5.58. The number of anilines is 1. The number of benzene rings is 1. The Morgan fingerprint density at radius 2 is 2.19 bits per heavy atom. The average Bonchev–Trinajstić information content (AvgIpc) is 2.82.